The van der Waals surface area contributed by atoms with Crippen LogP contribution in [0.3, 0.4) is 0 Å². The van der Waals surface area contributed by atoms with Gasteiger partial charge in [0.2, 0.25) is 0 Å². The van der Waals surface area contributed by atoms with Gasteiger partial charge in [-0.15, -0.1) is 0 Å². The van der Waals surface area contributed by atoms with Crippen LogP contribution >= 0.6 is 12.2 Å². The molecule has 3 rings (SSSR count). The van der Waals surface area contributed by atoms with Gasteiger partial charge in [-0.1, -0.05) is 30.3 Å². The second-order valence-electron chi connectivity index (χ2n) is 5.61. The van der Waals surface area contributed by atoms with Crippen LogP contribution in [0, 0.1) is 0 Å². The number of nitrogens with zero attached hydrogens (tertiary/aromatic N) is 1. The van der Waals surface area contributed by atoms with Crippen molar-refractivity contribution in [3.63, 3.8) is 0 Å². The minimum Gasteiger partial charge on any atom is -0.467 e. The molecule has 2 aromatic rings. The molecule has 1 aliphatic heterocycles. The fourth-order valence-electron chi connectivity index (χ4n) is 2.75. The quantitative estimate of drug-likeness (QED) is 0.830. The largest absolute Gasteiger partial charge is 0.467 e. The molecule has 0 radical (unpaired) electrons. The summed E-state index contributed by atoms with van der Waals surface area (Å²) in [6, 6.07) is 14.8. The Kier molecular flexibility index (Phi) is 5.08. The first-order chi connectivity index (χ1) is 10.8. The van der Waals surface area contributed by atoms with Crippen LogP contribution < -0.4 is 10.6 Å². The van der Waals surface area contributed by atoms with Crippen LogP contribution in [-0.4, -0.2) is 29.1 Å². The molecule has 5 heteroatoms. The molecule has 2 heterocycles. The van der Waals surface area contributed by atoms with Crippen LogP contribution in [0.5, 0.6) is 0 Å². The van der Waals surface area contributed by atoms with Crippen LogP contribution in [0.2, 0.25) is 0 Å². The summed E-state index contributed by atoms with van der Waals surface area (Å²) in [5.41, 5.74) is 1.36. The maximum atomic E-state index is 5.35. The van der Waals surface area contributed by atoms with Crippen molar-refractivity contribution in [3.05, 3.63) is 60.1 Å². The molecule has 2 N–H and O–H groups in total. The number of thiocarbonyl (C=S) groups is 1. The average molecular weight is 315 g/mol. The molecule has 0 saturated carbocycles. The zero-order valence-electron chi connectivity index (χ0n) is 12.5. The summed E-state index contributed by atoms with van der Waals surface area (Å²) in [7, 11) is 0. The summed E-state index contributed by atoms with van der Waals surface area (Å²) in [5, 5.41) is 7.28. The van der Waals surface area contributed by atoms with E-state index in [2.05, 4.69) is 45.9 Å². The Hall–Kier alpha value is -1.85. The Morgan fingerprint density at radius 3 is 2.86 bits per heavy atom. The molecular weight excluding hydrogens is 294 g/mol. The predicted molar refractivity (Wildman–Crippen MR) is 91.4 cm³/mol. The van der Waals surface area contributed by atoms with Gasteiger partial charge in [-0.25, -0.2) is 0 Å². The average Bonchev–Trinajstić information content (AvgIpc) is 3.18. The highest BCUT2D eigenvalue weighted by molar-refractivity contribution is 7.80. The van der Waals surface area contributed by atoms with Crippen molar-refractivity contribution in [2.24, 2.45) is 0 Å². The third kappa shape index (κ3) is 4.32. The summed E-state index contributed by atoms with van der Waals surface area (Å²) >= 11 is 5.35. The number of rotatable bonds is 5. The monoisotopic (exact) mass is 315 g/mol. The lowest BCUT2D eigenvalue weighted by molar-refractivity contribution is 0.324. The maximum absolute atomic E-state index is 5.35. The van der Waals surface area contributed by atoms with Crippen molar-refractivity contribution in [1.29, 1.82) is 0 Å². The molecular formula is C17H21N3OS. The van der Waals surface area contributed by atoms with Crippen molar-refractivity contribution in [2.45, 2.75) is 25.6 Å². The Morgan fingerprint density at radius 2 is 2.09 bits per heavy atom. The molecule has 1 saturated heterocycles. The summed E-state index contributed by atoms with van der Waals surface area (Å²) in [4.78, 5) is 2.46. The van der Waals surface area contributed by atoms with Crippen LogP contribution in [0.25, 0.3) is 0 Å². The van der Waals surface area contributed by atoms with Gasteiger partial charge in [0.25, 0.3) is 0 Å². The first-order valence-corrected chi connectivity index (χ1v) is 8.03. The highest BCUT2D eigenvalue weighted by Gasteiger charge is 2.22. The first kappa shape index (κ1) is 15.1. The van der Waals surface area contributed by atoms with Gasteiger partial charge in [-0.2, -0.15) is 0 Å². The molecule has 1 aromatic carbocycles. The van der Waals surface area contributed by atoms with E-state index in [9.17, 15) is 0 Å². The second kappa shape index (κ2) is 7.42. The van der Waals surface area contributed by atoms with Gasteiger partial charge in [0.05, 0.1) is 12.8 Å². The normalized spacial score (nSPS) is 18.3. The van der Waals surface area contributed by atoms with E-state index in [1.165, 1.54) is 5.56 Å². The van der Waals surface area contributed by atoms with E-state index in [0.717, 1.165) is 31.8 Å². The Balaban J connectivity index is 1.40. The first-order valence-electron chi connectivity index (χ1n) is 7.62. The number of hydrogen-bond donors (Lipinski definition) is 2. The zero-order chi connectivity index (χ0) is 15.2. The van der Waals surface area contributed by atoms with Crippen molar-refractivity contribution in [3.8, 4) is 0 Å². The van der Waals surface area contributed by atoms with Crippen LogP contribution in [-0.2, 0) is 13.1 Å². The summed E-state index contributed by atoms with van der Waals surface area (Å²) in [5.74, 6) is 0.890. The van der Waals surface area contributed by atoms with Crippen LogP contribution in [0.15, 0.2) is 53.1 Å². The lowest BCUT2D eigenvalue weighted by atomic mass is 10.2. The molecule has 4 nitrogen and oxygen atoms in total. The summed E-state index contributed by atoms with van der Waals surface area (Å²) in [6.07, 6.45) is 2.79. The van der Waals surface area contributed by atoms with Crippen LogP contribution in [0.1, 0.15) is 17.7 Å². The van der Waals surface area contributed by atoms with Gasteiger partial charge >= 0.3 is 0 Å². The minimum atomic E-state index is 0.417. The van der Waals surface area contributed by atoms with E-state index < -0.39 is 0 Å². The standard InChI is InChI=1S/C17H21N3OS/c22-17(18-11-16-7-4-10-21-16)19-15-8-9-20(13-15)12-14-5-2-1-3-6-14/h1-7,10,15H,8-9,11-13H2,(H2,18,19,22). The lowest BCUT2D eigenvalue weighted by Crippen LogP contribution is -2.42. The zero-order valence-corrected chi connectivity index (χ0v) is 13.3. The van der Waals surface area contributed by atoms with E-state index >= 15 is 0 Å². The molecule has 0 spiro atoms. The molecule has 1 aliphatic rings. The Labute approximate surface area is 136 Å². The fourth-order valence-corrected chi connectivity index (χ4v) is 2.99. The smallest absolute Gasteiger partial charge is 0.166 e. The molecule has 116 valence electrons. The number of furan rings is 1. The van der Waals surface area contributed by atoms with Gasteiger partial charge < -0.3 is 15.1 Å². The van der Waals surface area contributed by atoms with E-state index in [4.69, 9.17) is 16.6 Å². The van der Waals surface area contributed by atoms with Crippen molar-refractivity contribution < 1.29 is 4.42 Å². The number of likely N-dealkylation sites (tertiary alicyclic amines) is 1. The van der Waals surface area contributed by atoms with E-state index in [-0.39, 0.29) is 0 Å². The van der Waals surface area contributed by atoms with E-state index in [0.29, 0.717) is 17.7 Å². The van der Waals surface area contributed by atoms with Gasteiger partial charge in [0.1, 0.15) is 5.76 Å². The molecule has 0 aliphatic carbocycles. The van der Waals surface area contributed by atoms with Gasteiger partial charge in [-0.05, 0) is 36.3 Å². The summed E-state index contributed by atoms with van der Waals surface area (Å²) in [6.45, 7) is 3.76. The third-order valence-electron chi connectivity index (χ3n) is 3.86. The molecule has 0 amide bonds. The number of benzene rings is 1. The highest BCUT2D eigenvalue weighted by Crippen LogP contribution is 2.13. The molecule has 1 unspecified atom stereocenters. The highest BCUT2D eigenvalue weighted by atomic mass is 32.1. The Bertz CT molecular complexity index is 585. The molecule has 1 aromatic heterocycles. The van der Waals surface area contributed by atoms with E-state index in [1.54, 1.807) is 6.26 Å². The van der Waals surface area contributed by atoms with Gasteiger partial charge in [0.15, 0.2) is 5.11 Å². The van der Waals surface area contributed by atoms with Crippen molar-refractivity contribution >= 4 is 17.3 Å². The molecule has 1 fully saturated rings. The fraction of sp³-hybridized carbons (Fsp3) is 0.353. The third-order valence-corrected chi connectivity index (χ3v) is 4.12. The number of hydrogen-bond acceptors (Lipinski definition) is 3. The minimum absolute atomic E-state index is 0.417. The van der Waals surface area contributed by atoms with Gasteiger partial charge in [-0.3, -0.25) is 4.90 Å². The van der Waals surface area contributed by atoms with Crippen molar-refractivity contribution in [1.82, 2.24) is 15.5 Å². The SMILES string of the molecule is S=C(NCc1ccco1)NC1CCN(Cc2ccccc2)C1. The van der Waals surface area contributed by atoms with Crippen molar-refractivity contribution in [2.75, 3.05) is 13.1 Å². The predicted octanol–water partition coefficient (Wildman–Crippen LogP) is 2.52. The number of nitrogens with one attached hydrogen (secondary N) is 2. The maximum Gasteiger partial charge on any atom is 0.166 e. The van der Waals surface area contributed by atoms with Gasteiger partial charge in [0, 0.05) is 25.7 Å². The summed E-state index contributed by atoms with van der Waals surface area (Å²) < 4.78 is 5.28. The lowest BCUT2D eigenvalue weighted by Gasteiger charge is -2.18. The molecule has 22 heavy (non-hydrogen) atoms. The topological polar surface area (TPSA) is 40.4 Å². The molecule has 1 atom stereocenters. The van der Waals surface area contributed by atoms with Crippen LogP contribution in [0.4, 0.5) is 0 Å². The van der Waals surface area contributed by atoms with E-state index in [1.807, 2.05) is 12.1 Å². The Morgan fingerprint density at radius 1 is 1.23 bits per heavy atom. The second-order valence-corrected chi connectivity index (χ2v) is 6.02. The molecule has 0 bridgehead atoms.